The van der Waals surface area contributed by atoms with Gasteiger partial charge in [-0.2, -0.15) is 4.99 Å². The molecule has 2 aromatic carbocycles. The Morgan fingerprint density at radius 2 is 1.47 bits per heavy atom. The molecule has 0 radical (unpaired) electrons. The van der Waals surface area contributed by atoms with Crippen LogP contribution in [-0.2, 0) is 0 Å². The third-order valence-corrected chi connectivity index (χ3v) is 5.01. The first-order valence-corrected chi connectivity index (χ1v) is 9.75. The number of carbonyl (C=O) groups is 1. The van der Waals surface area contributed by atoms with E-state index in [4.69, 9.17) is 17.2 Å². The lowest BCUT2D eigenvalue weighted by Gasteiger charge is -2.20. The Bertz CT molecular complexity index is 1080. The number of nitrogens with two attached hydrogens (primary N) is 3. The predicted molar refractivity (Wildman–Crippen MR) is 119 cm³/mol. The first-order valence-electron chi connectivity index (χ1n) is 9.75. The molecule has 1 aromatic heterocycles. The Morgan fingerprint density at radius 3 is 2.10 bits per heavy atom. The molecular formula is C22H23N7O. The van der Waals surface area contributed by atoms with Crippen LogP contribution in [0.5, 0.6) is 0 Å². The molecule has 3 aromatic rings. The molecule has 1 fully saturated rings. The van der Waals surface area contributed by atoms with E-state index in [1.165, 1.54) is 0 Å². The quantitative estimate of drug-likeness (QED) is 0.451. The minimum absolute atomic E-state index is 0.0107. The number of hydrogen-bond acceptors (Lipinski definition) is 5. The molecule has 1 aliphatic rings. The van der Waals surface area contributed by atoms with E-state index < -0.39 is 5.91 Å². The van der Waals surface area contributed by atoms with Gasteiger partial charge in [-0.15, -0.1) is 0 Å². The Balaban J connectivity index is 1.80. The fourth-order valence-electron chi connectivity index (χ4n) is 3.56. The van der Waals surface area contributed by atoms with Gasteiger partial charge in [-0.25, -0.2) is 9.97 Å². The van der Waals surface area contributed by atoms with Crippen molar-refractivity contribution in [2.75, 3.05) is 23.7 Å². The molecular weight excluding hydrogens is 378 g/mol. The van der Waals surface area contributed by atoms with Crippen molar-refractivity contribution in [2.24, 2.45) is 16.5 Å². The topological polar surface area (TPSA) is 137 Å². The van der Waals surface area contributed by atoms with Crippen molar-refractivity contribution in [1.29, 1.82) is 0 Å². The van der Waals surface area contributed by atoms with Gasteiger partial charge in [-0.1, -0.05) is 54.6 Å². The number of carbonyl (C=O) groups excluding carboxylic acids is 1. The van der Waals surface area contributed by atoms with E-state index in [1.54, 1.807) is 0 Å². The second kappa shape index (κ2) is 8.20. The molecule has 30 heavy (non-hydrogen) atoms. The number of amides is 1. The minimum atomic E-state index is -0.713. The first-order chi connectivity index (χ1) is 14.5. The van der Waals surface area contributed by atoms with Gasteiger partial charge in [0.25, 0.3) is 0 Å². The highest BCUT2D eigenvalue weighted by Gasteiger charge is 2.24. The number of aliphatic imine (C=N–C) groups is 1. The summed E-state index contributed by atoms with van der Waals surface area (Å²) in [6.45, 7) is 1.73. The SMILES string of the molecule is NC(N)=NC(=O)c1nc(-c2ccc(-c3ccccc3)cc2)c(N2CCCC2)nc1N. The van der Waals surface area contributed by atoms with Gasteiger partial charge < -0.3 is 22.1 Å². The highest BCUT2D eigenvalue weighted by Crippen LogP contribution is 2.33. The summed E-state index contributed by atoms with van der Waals surface area (Å²) in [5.41, 5.74) is 20.3. The zero-order valence-corrected chi connectivity index (χ0v) is 16.5. The molecule has 0 atom stereocenters. The number of hydrogen-bond donors (Lipinski definition) is 3. The number of anilines is 2. The number of guanidine groups is 1. The normalized spacial score (nSPS) is 13.3. The van der Waals surface area contributed by atoms with Gasteiger partial charge in [0.2, 0.25) is 0 Å². The van der Waals surface area contributed by atoms with Gasteiger partial charge in [0.05, 0.1) is 0 Å². The Kier molecular flexibility index (Phi) is 5.30. The molecule has 6 N–H and O–H groups in total. The van der Waals surface area contributed by atoms with E-state index in [0.29, 0.717) is 11.5 Å². The molecule has 1 saturated heterocycles. The van der Waals surface area contributed by atoms with Gasteiger partial charge in [-0.3, -0.25) is 4.79 Å². The maximum absolute atomic E-state index is 12.4. The number of rotatable bonds is 4. The molecule has 0 bridgehead atoms. The Hall–Kier alpha value is -3.94. The first kappa shape index (κ1) is 19.4. The Labute approximate surface area is 174 Å². The van der Waals surface area contributed by atoms with Crippen LogP contribution in [-0.4, -0.2) is 34.9 Å². The maximum Gasteiger partial charge on any atom is 0.302 e. The van der Waals surface area contributed by atoms with E-state index in [-0.39, 0.29) is 17.5 Å². The zero-order valence-electron chi connectivity index (χ0n) is 16.5. The molecule has 8 nitrogen and oxygen atoms in total. The van der Waals surface area contributed by atoms with Crippen LogP contribution in [0.4, 0.5) is 11.6 Å². The number of nitrogen functional groups attached to an aromatic ring is 1. The van der Waals surface area contributed by atoms with E-state index in [9.17, 15) is 4.79 Å². The van der Waals surface area contributed by atoms with Gasteiger partial charge in [0, 0.05) is 18.7 Å². The molecule has 8 heteroatoms. The molecule has 0 saturated carbocycles. The second-order valence-corrected chi connectivity index (χ2v) is 7.11. The van der Waals surface area contributed by atoms with Crippen molar-refractivity contribution in [3.63, 3.8) is 0 Å². The van der Waals surface area contributed by atoms with Crippen LogP contribution in [0, 0.1) is 0 Å². The van der Waals surface area contributed by atoms with Crippen LogP contribution in [0.1, 0.15) is 23.3 Å². The summed E-state index contributed by atoms with van der Waals surface area (Å²) in [5, 5.41) is 0. The molecule has 1 aliphatic heterocycles. The standard InChI is InChI=1S/C22H23N7O/c23-19-18(21(30)28-22(24)25)26-17(20(27-19)29-12-4-5-13-29)16-10-8-15(9-11-16)14-6-2-1-3-7-14/h1-3,6-11H,4-5,12-13H2,(H2,23,27)(H4,24,25,28,30). The van der Waals surface area contributed by atoms with Crippen LogP contribution >= 0.6 is 0 Å². The largest absolute Gasteiger partial charge is 0.382 e. The third kappa shape index (κ3) is 3.93. The highest BCUT2D eigenvalue weighted by atomic mass is 16.1. The van der Waals surface area contributed by atoms with Crippen molar-refractivity contribution in [1.82, 2.24) is 9.97 Å². The third-order valence-electron chi connectivity index (χ3n) is 5.01. The molecule has 2 heterocycles. The summed E-state index contributed by atoms with van der Waals surface area (Å²) < 4.78 is 0. The summed E-state index contributed by atoms with van der Waals surface area (Å²) in [7, 11) is 0. The Morgan fingerprint density at radius 1 is 0.867 bits per heavy atom. The zero-order chi connectivity index (χ0) is 21.1. The van der Waals surface area contributed by atoms with Gasteiger partial charge in [0.15, 0.2) is 23.3 Å². The highest BCUT2D eigenvalue weighted by molar-refractivity contribution is 6.04. The summed E-state index contributed by atoms with van der Waals surface area (Å²) in [6, 6.07) is 18.1. The van der Waals surface area contributed by atoms with Crippen LogP contribution in [0.25, 0.3) is 22.4 Å². The average molecular weight is 401 g/mol. The van der Waals surface area contributed by atoms with E-state index >= 15 is 0 Å². The van der Waals surface area contributed by atoms with Crippen molar-refractivity contribution in [3.8, 4) is 22.4 Å². The van der Waals surface area contributed by atoms with E-state index in [2.05, 4.69) is 32.0 Å². The van der Waals surface area contributed by atoms with E-state index in [1.807, 2.05) is 42.5 Å². The van der Waals surface area contributed by atoms with Crippen LogP contribution < -0.4 is 22.1 Å². The van der Waals surface area contributed by atoms with Crippen LogP contribution in [0.3, 0.4) is 0 Å². The van der Waals surface area contributed by atoms with Crippen molar-refractivity contribution < 1.29 is 4.79 Å². The molecule has 4 rings (SSSR count). The summed E-state index contributed by atoms with van der Waals surface area (Å²) >= 11 is 0. The molecule has 1 amide bonds. The molecule has 152 valence electrons. The molecule has 0 aliphatic carbocycles. The van der Waals surface area contributed by atoms with E-state index in [0.717, 1.165) is 42.6 Å². The monoisotopic (exact) mass is 401 g/mol. The maximum atomic E-state index is 12.4. The molecule has 0 unspecified atom stereocenters. The predicted octanol–water partition coefficient (Wildman–Crippen LogP) is 2.41. The summed E-state index contributed by atoms with van der Waals surface area (Å²) in [6.07, 6.45) is 2.14. The number of aromatic nitrogens is 2. The average Bonchev–Trinajstić information content (AvgIpc) is 3.28. The van der Waals surface area contributed by atoms with Crippen molar-refractivity contribution in [2.45, 2.75) is 12.8 Å². The summed E-state index contributed by atoms with van der Waals surface area (Å²) in [5.74, 6) is -0.385. The fraction of sp³-hybridized carbons (Fsp3) is 0.182. The lowest BCUT2D eigenvalue weighted by atomic mass is 10.0. The van der Waals surface area contributed by atoms with Crippen molar-refractivity contribution in [3.05, 3.63) is 60.3 Å². The minimum Gasteiger partial charge on any atom is -0.382 e. The number of benzene rings is 2. The second-order valence-electron chi connectivity index (χ2n) is 7.11. The van der Waals surface area contributed by atoms with Gasteiger partial charge in [0.1, 0.15) is 5.69 Å². The lowest BCUT2D eigenvalue weighted by molar-refractivity contribution is 0.0998. The van der Waals surface area contributed by atoms with Crippen molar-refractivity contribution >= 4 is 23.5 Å². The van der Waals surface area contributed by atoms with Gasteiger partial charge >= 0.3 is 5.91 Å². The fourth-order valence-corrected chi connectivity index (χ4v) is 3.56. The van der Waals surface area contributed by atoms with Crippen LogP contribution in [0.15, 0.2) is 59.6 Å². The summed E-state index contributed by atoms with van der Waals surface area (Å²) in [4.78, 5) is 27.1. The molecule has 0 spiro atoms. The van der Waals surface area contributed by atoms with Crippen LogP contribution in [0.2, 0.25) is 0 Å². The lowest BCUT2D eigenvalue weighted by Crippen LogP contribution is -2.25. The smallest absolute Gasteiger partial charge is 0.302 e. The number of nitrogens with zero attached hydrogens (tertiary/aromatic N) is 4. The van der Waals surface area contributed by atoms with Gasteiger partial charge in [-0.05, 0) is 24.0 Å².